The van der Waals surface area contributed by atoms with Gasteiger partial charge in [-0.05, 0) is 25.0 Å². The highest BCUT2D eigenvalue weighted by molar-refractivity contribution is 6.33. The summed E-state index contributed by atoms with van der Waals surface area (Å²) < 4.78 is 0. The van der Waals surface area contributed by atoms with E-state index in [0.717, 1.165) is 36.6 Å². The average Bonchev–Trinajstić information content (AvgIpc) is 2.29. The summed E-state index contributed by atoms with van der Waals surface area (Å²) in [5.74, 6) is 0.0380. The Kier molecular flexibility index (Phi) is 3.89. The van der Waals surface area contributed by atoms with Crippen LogP contribution in [-0.2, 0) is 4.79 Å². The zero-order valence-corrected chi connectivity index (χ0v) is 10.7. The smallest absolute Gasteiger partial charge is 0.217 e. The molecule has 1 aromatic carbocycles. The van der Waals surface area contributed by atoms with Crippen LogP contribution >= 0.6 is 11.6 Å². The highest BCUT2D eigenvalue weighted by atomic mass is 35.5. The molecule has 4 heteroatoms. The second-order valence-electron chi connectivity index (χ2n) is 4.44. The molecule has 1 fully saturated rings. The summed E-state index contributed by atoms with van der Waals surface area (Å²) in [7, 11) is 0. The number of piperidine rings is 1. The third-order valence-electron chi connectivity index (χ3n) is 3.02. The highest BCUT2D eigenvalue weighted by Gasteiger charge is 2.21. The number of nitrogens with one attached hydrogen (secondary N) is 1. The monoisotopic (exact) mass is 252 g/mol. The molecule has 1 atom stereocenters. The Bertz CT molecular complexity index is 408. The van der Waals surface area contributed by atoms with Crippen LogP contribution in [0.15, 0.2) is 24.3 Å². The highest BCUT2D eigenvalue weighted by Crippen LogP contribution is 2.27. The van der Waals surface area contributed by atoms with Gasteiger partial charge in [-0.1, -0.05) is 23.7 Å². The van der Waals surface area contributed by atoms with Gasteiger partial charge < -0.3 is 10.2 Å². The van der Waals surface area contributed by atoms with Crippen LogP contribution in [-0.4, -0.2) is 25.0 Å². The first kappa shape index (κ1) is 12.2. The maximum atomic E-state index is 11.1. The number of carbonyl (C=O) groups excluding carboxylic acids is 1. The zero-order valence-electron chi connectivity index (χ0n) is 9.95. The number of rotatable bonds is 2. The molecule has 3 nitrogen and oxygen atoms in total. The van der Waals surface area contributed by atoms with E-state index in [1.54, 1.807) is 6.92 Å². The molecule has 1 aromatic rings. The van der Waals surface area contributed by atoms with E-state index in [4.69, 9.17) is 11.6 Å². The van der Waals surface area contributed by atoms with Crippen LogP contribution in [0.4, 0.5) is 5.69 Å². The third kappa shape index (κ3) is 3.13. The molecule has 0 saturated carbocycles. The summed E-state index contributed by atoms with van der Waals surface area (Å²) in [5, 5.41) is 3.75. The van der Waals surface area contributed by atoms with Gasteiger partial charge in [0.15, 0.2) is 0 Å². The van der Waals surface area contributed by atoms with Gasteiger partial charge in [0.05, 0.1) is 10.7 Å². The Morgan fingerprint density at radius 1 is 1.47 bits per heavy atom. The van der Waals surface area contributed by atoms with Gasteiger partial charge in [0.2, 0.25) is 5.91 Å². The molecule has 1 heterocycles. The van der Waals surface area contributed by atoms with Crippen LogP contribution in [0, 0.1) is 0 Å². The number of halogens is 1. The molecule has 17 heavy (non-hydrogen) atoms. The molecule has 0 aliphatic carbocycles. The van der Waals surface area contributed by atoms with Gasteiger partial charge in [-0.2, -0.15) is 0 Å². The molecule has 1 unspecified atom stereocenters. The Morgan fingerprint density at radius 3 is 2.94 bits per heavy atom. The maximum Gasteiger partial charge on any atom is 0.217 e. The summed E-state index contributed by atoms with van der Waals surface area (Å²) in [5.41, 5.74) is 1.06. The fourth-order valence-corrected chi connectivity index (χ4v) is 2.56. The van der Waals surface area contributed by atoms with Crippen LogP contribution in [0.2, 0.25) is 5.02 Å². The van der Waals surface area contributed by atoms with Crippen molar-refractivity contribution in [1.82, 2.24) is 5.32 Å². The van der Waals surface area contributed by atoms with Crippen molar-refractivity contribution in [3.05, 3.63) is 29.3 Å². The minimum atomic E-state index is 0.0380. The summed E-state index contributed by atoms with van der Waals surface area (Å²) in [4.78, 5) is 13.3. The molecule has 1 aliphatic rings. The van der Waals surface area contributed by atoms with Gasteiger partial charge >= 0.3 is 0 Å². The maximum absolute atomic E-state index is 11.1. The van der Waals surface area contributed by atoms with E-state index in [1.807, 2.05) is 24.3 Å². The molecule has 1 aliphatic heterocycles. The van der Waals surface area contributed by atoms with E-state index >= 15 is 0 Å². The van der Waals surface area contributed by atoms with Crippen molar-refractivity contribution in [2.75, 3.05) is 18.0 Å². The first-order valence-corrected chi connectivity index (χ1v) is 6.31. The van der Waals surface area contributed by atoms with E-state index in [-0.39, 0.29) is 11.9 Å². The van der Waals surface area contributed by atoms with Gasteiger partial charge in [-0.15, -0.1) is 0 Å². The van der Waals surface area contributed by atoms with E-state index in [0.29, 0.717) is 0 Å². The largest absolute Gasteiger partial charge is 0.368 e. The second-order valence-corrected chi connectivity index (χ2v) is 4.84. The minimum absolute atomic E-state index is 0.0380. The van der Waals surface area contributed by atoms with Crippen LogP contribution < -0.4 is 10.2 Å². The summed E-state index contributed by atoms with van der Waals surface area (Å²) in [6, 6.07) is 8.08. The quantitative estimate of drug-likeness (QED) is 0.877. The number of nitrogens with zero attached hydrogens (tertiary/aromatic N) is 1. The van der Waals surface area contributed by atoms with Crippen LogP contribution in [0.5, 0.6) is 0 Å². The Labute approximate surface area is 107 Å². The lowest BCUT2D eigenvalue weighted by atomic mass is 10.0. The molecule has 1 N–H and O–H groups in total. The van der Waals surface area contributed by atoms with Crippen molar-refractivity contribution >= 4 is 23.2 Å². The van der Waals surface area contributed by atoms with Crippen LogP contribution in [0.3, 0.4) is 0 Å². The van der Waals surface area contributed by atoms with Gasteiger partial charge in [-0.25, -0.2) is 0 Å². The average molecular weight is 253 g/mol. The number of hydrogen-bond acceptors (Lipinski definition) is 2. The van der Waals surface area contributed by atoms with E-state index in [1.165, 1.54) is 0 Å². The molecular weight excluding hydrogens is 236 g/mol. The van der Waals surface area contributed by atoms with Gasteiger partial charge in [0.25, 0.3) is 0 Å². The minimum Gasteiger partial charge on any atom is -0.368 e. The van der Waals surface area contributed by atoms with Crippen molar-refractivity contribution in [2.45, 2.75) is 25.8 Å². The number of hydrogen-bond donors (Lipinski definition) is 1. The Balaban J connectivity index is 2.07. The molecule has 0 aromatic heterocycles. The van der Waals surface area contributed by atoms with Crippen molar-refractivity contribution in [3.8, 4) is 0 Å². The molecule has 0 bridgehead atoms. The number of amides is 1. The lowest BCUT2D eigenvalue weighted by Crippen LogP contribution is -2.47. The first-order chi connectivity index (χ1) is 8.16. The summed E-state index contributed by atoms with van der Waals surface area (Å²) in [6.07, 6.45) is 2.12. The topological polar surface area (TPSA) is 32.3 Å². The molecule has 0 spiro atoms. The molecular formula is C13H17ClN2O. The van der Waals surface area contributed by atoms with Gasteiger partial charge in [-0.3, -0.25) is 4.79 Å². The van der Waals surface area contributed by atoms with Gasteiger partial charge in [0.1, 0.15) is 0 Å². The lowest BCUT2D eigenvalue weighted by Gasteiger charge is -2.35. The van der Waals surface area contributed by atoms with Crippen LogP contribution in [0.1, 0.15) is 19.8 Å². The summed E-state index contributed by atoms with van der Waals surface area (Å²) in [6.45, 7) is 3.40. The van der Waals surface area contributed by atoms with E-state index in [2.05, 4.69) is 10.2 Å². The number of carbonyl (C=O) groups is 1. The van der Waals surface area contributed by atoms with E-state index < -0.39 is 0 Å². The van der Waals surface area contributed by atoms with Crippen molar-refractivity contribution in [1.29, 1.82) is 0 Å². The molecule has 0 radical (unpaired) electrons. The number of anilines is 1. The van der Waals surface area contributed by atoms with Gasteiger partial charge in [0, 0.05) is 26.1 Å². The van der Waals surface area contributed by atoms with Crippen LogP contribution in [0.25, 0.3) is 0 Å². The fraction of sp³-hybridized carbons (Fsp3) is 0.462. The first-order valence-electron chi connectivity index (χ1n) is 5.93. The number of para-hydroxylation sites is 1. The molecule has 1 saturated heterocycles. The number of benzene rings is 1. The van der Waals surface area contributed by atoms with Crippen molar-refractivity contribution in [3.63, 3.8) is 0 Å². The molecule has 92 valence electrons. The lowest BCUT2D eigenvalue weighted by molar-refractivity contribution is -0.119. The molecule has 2 rings (SSSR count). The van der Waals surface area contributed by atoms with Crippen molar-refractivity contribution in [2.24, 2.45) is 0 Å². The normalized spacial score (nSPS) is 20.1. The SMILES string of the molecule is CC(=O)NC1CCCN(c2ccccc2Cl)C1. The predicted molar refractivity (Wildman–Crippen MR) is 70.5 cm³/mol. The second kappa shape index (κ2) is 5.41. The third-order valence-corrected chi connectivity index (χ3v) is 3.34. The fourth-order valence-electron chi connectivity index (χ4n) is 2.31. The Hall–Kier alpha value is -1.22. The standard InChI is InChI=1S/C13H17ClN2O/c1-10(17)15-11-5-4-8-16(9-11)13-7-3-2-6-12(13)14/h2-3,6-7,11H,4-5,8-9H2,1H3,(H,15,17). The Morgan fingerprint density at radius 2 is 2.24 bits per heavy atom. The van der Waals surface area contributed by atoms with E-state index in [9.17, 15) is 4.79 Å². The molecule has 1 amide bonds. The zero-order chi connectivity index (χ0) is 12.3. The summed E-state index contributed by atoms with van der Waals surface area (Å²) >= 11 is 6.18. The predicted octanol–water partition coefficient (Wildman–Crippen LogP) is 2.44. The van der Waals surface area contributed by atoms with Crippen molar-refractivity contribution < 1.29 is 4.79 Å².